The van der Waals surface area contributed by atoms with Gasteiger partial charge in [0.05, 0.1) is 11.7 Å². The van der Waals surface area contributed by atoms with E-state index in [4.69, 9.17) is 4.98 Å². The Morgan fingerprint density at radius 3 is 2.76 bits per heavy atom. The van der Waals surface area contributed by atoms with Crippen LogP contribution in [0.4, 0.5) is 0 Å². The van der Waals surface area contributed by atoms with Crippen LogP contribution in [-0.4, -0.2) is 28.0 Å². The van der Waals surface area contributed by atoms with E-state index in [2.05, 4.69) is 35.1 Å². The molecule has 3 unspecified atom stereocenters. The molecule has 4 rings (SSSR count). The number of aromatic nitrogens is 2. The van der Waals surface area contributed by atoms with Crippen LogP contribution in [0.3, 0.4) is 0 Å². The number of piperidine rings is 1. The molecule has 1 aliphatic carbocycles. The SMILES string of the molecule is CN1C2CCC(C2)CC1c1ccnc(-c2ccccc2)n1. The summed E-state index contributed by atoms with van der Waals surface area (Å²) in [5.74, 6) is 1.74. The second kappa shape index (κ2) is 5.23. The van der Waals surface area contributed by atoms with E-state index in [1.165, 1.54) is 31.4 Å². The van der Waals surface area contributed by atoms with Gasteiger partial charge >= 0.3 is 0 Å². The molecule has 2 aromatic rings. The Morgan fingerprint density at radius 2 is 1.90 bits per heavy atom. The van der Waals surface area contributed by atoms with Crippen LogP contribution in [-0.2, 0) is 0 Å². The Labute approximate surface area is 126 Å². The van der Waals surface area contributed by atoms with Crippen LogP contribution in [0, 0.1) is 5.92 Å². The minimum Gasteiger partial charge on any atom is -0.295 e. The molecule has 0 N–H and O–H groups in total. The Kier molecular flexibility index (Phi) is 3.23. The summed E-state index contributed by atoms with van der Waals surface area (Å²) in [6, 6.07) is 13.6. The minimum atomic E-state index is 0.460. The zero-order valence-corrected chi connectivity index (χ0v) is 12.4. The molecule has 3 atom stereocenters. The summed E-state index contributed by atoms with van der Waals surface area (Å²) in [5.41, 5.74) is 2.28. The van der Waals surface area contributed by atoms with E-state index in [0.29, 0.717) is 6.04 Å². The van der Waals surface area contributed by atoms with Crippen molar-refractivity contribution >= 4 is 0 Å². The van der Waals surface area contributed by atoms with Crippen molar-refractivity contribution in [3.8, 4) is 11.4 Å². The predicted molar refractivity (Wildman–Crippen MR) is 83.7 cm³/mol. The fourth-order valence-electron chi connectivity index (χ4n) is 3.98. The average Bonchev–Trinajstić information content (AvgIpc) is 2.96. The molecule has 0 amide bonds. The molecule has 2 aliphatic rings. The van der Waals surface area contributed by atoms with Crippen LogP contribution in [0.15, 0.2) is 42.6 Å². The van der Waals surface area contributed by atoms with Crippen molar-refractivity contribution in [2.24, 2.45) is 5.92 Å². The van der Waals surface area contributed by atoms with Crippen LogP contribution in [0.5, 0.6) is 0 Å². The number of hydrogen-bond donors (Lipinski definition) is 0. The maximum atomic E-state index is 4.86. The van der Waals surface area contributed by atoms with Gasteiger partial charge in [-0.15, -0.1) is 0 Å². The van der Waals surface area contributed by atoms with Crippen molar-refractivity contribution < 1.29 is 0 Å². The molecule has 1 saturated heterocycles. The third-order valence-corrected chi connectivity index (χ3v) is 5.19. The maximum absolute atomic E-state index is 4.86. The normalized spacial score (nSPS) is 28.7. The van der Waals surface area contributed by atoms with Crippen LogP contribution >= 0.6 is 0 Å². The first-order chi connectivity index (χ1) is 10.3. The first-order valence-corrected chi connectivity index (χ1v) is 7.91. The van der Waals surface area contributed by atoms with Gasteiger partial charge in [0.15, 0.2) is 5.82 Å². The van der Waals surface area contributed by atoms with Gasteiger partial charge in [-0.05, 0) is 44.7 Å². The summed E-state index contributed by atoms with van der Waals surface area (Å²) in [7, 11) is 2.27. The third-order valence-electron chi connectivity index (χ3n) is 5.19. The first kappa shape index (κ1) is 13.0. The molecule has 3 heteroatoms. The Bertz CT molecular complexity index is 625. The molecule has 21 heavy (non-hydrogen) atoms. The zero-order valence-electron chi connectivity index (χ0n) is 12.4. The number of fused-ring (bicyclic) bond motifs is 2. The molecular weight excluding hydrogens is 258 g/mol. The van der Waals surface area contributed by atoms with Crippen molar-refractivity contribution in [2.45, 2.75) is 37.8 Å². The van der Waals surface area contributed by atoms with Gasteiger partial charge < -0.3 is 0 Å². The molecule has 2 bridgehead atoms. The minimum absolute atomic E-state index is 0.460. The highest BCUT2D eigenvalue weighted by molar-refractivity contribution is 5.54. The van der Waals surface area contributed by atoms with Crippen LogP contribution in [0.2, 0.25) is 0 Å². The van der Waals surface area contributed by atoms with E-state index in [1.807, 2.05) is 24.4 Å². The molecule has 1 aromatic carbocycles. The third kappa shape index (κ3) is 2.36. The number of nitrogens with zero attached hydrogens (tertiary/aromatic N) is 3. The molecule has 1 saturated carbocycles. The second-order valence-corrected chi connectivity index (χ2v) is 6.42. The van der Waals surface area contributed by atoms with Gasteiger partial charge in [-0.1, -0.05) is 30.3 Å². The molecule has 2 heterocycles. The van der Waals surface area contributed by atoms with Gasteiger partial charge in [-0.2, -0.15) is 0 Å². The lowest BCUT2D eigenvalue weighted by Crippen LogP contribution is -2.37. The van der Waals surface area contributed by atoms with Crippen molar-refractivity contribution in [3.63, 3.8) is 0 Å². The maximum Gasteiger partial charge on any atom is 0.159 e. The highest BCUT2D eigenvalue weighted by atomic mass is 15.2. The summed E-state index contributed by atoms with van der Waals surface area (Å²) in [4.78, 5) is 11.9. The van der Waals surface area contributed by atoms with Crippen LogP contribution in [0.1, 0.15) is 37.4 Å². The average molecular weight is 279 g/mol. The van der Waals surface area contributed by atoms with Gasteiger partial charge in [0.25, 0.3) is 0 Å². The summed E-state index contributed by atoms with van der Waals surface area (Å²) >= 11 is 0. The molecular formula is C18H21N3. The molecule has 3 nitrogen and oxygen atoms in total. The molecule has 2 fully saturated rings. The lowest BCUT2D eigenvalue weighted by atomic mass is 9.91. The van der Waals surface area contributed by atoms with Crippen LogP contribution < -0.4 is 0 Å². The fraction of sp³-hybridized carbons (Fsp3) is 0.444. The molecule has 0 spiro atoms. The van der Waals surface area contributed by atoms with Crippen molar-refractivity contribution in [2.75, 3.05) is 7.05 Å². The number of rotatable bonds is 2. The Hall–Kier alpha value is -1.74. The van der Waals surface area contributed by atoms with Crippen LogP contribution in [0.25, 0.3) is 11.4 Å². The van der Waals surface area contributed by atoms with E-state index in [1.54, 1.807) is 0 Å². The summed E-state index contributed by atoms with van der Waals surface area (Å²) < 4.78 is 0. The molecule has 1 aromatic heterocycles. The van der Waals surface area contributed by atoms with Gasteiger partial charge in [0, 0.05) is 17.8 Å². The fourth-order valence-corrected chi connectivity index (χ4v) is 3.98. The van der Waals surface area contributed by atoms with E-state index in [0.717, 1.165) is 23.3 Å². The van der Waals surface area contributed by atoms with Crippen molar-refractivity contribution in [3.05, 3.63) is 48.3 Å². The Morgan fingerprint density at radius 1 is 1.05 bits per heavy atom. The predicted octanol–water partition coefficient (Wildman–Crippen LogP) is 3.69. The van der Waals surface area contributed by atoms with Gasteiger partial charge in [0.1, 0.15) is 0 Å². The monoisotopic (exact) mass is 279 g/mol. The highest BCUT2D eigenvalue weighted by Gasteiger charge is 2.39. The summed E-state index contributed by atoms with van der Waals surface area (Å²) in [6.45, 7) is 0. The first-order valence-electron chi connectivity index (χ1n) is 7.91. The van der Waals surface area contributed by atoms with E-state index in [9.17, 15) is 0 Å². The van der Waals surface area contributed by atoms with Gasteiger partial charge in [-0.3, -0.25) is 4.90 Å². The topological polar surface area (TPSA) is 29.0 Å². The van der Waals surface area contributed by atoms with Crippen molar-refractivity contribution in [1.29, 1.82) is 0 Å². The van der Waals surface area contributed by atoms with Gasteiger partial charge in [-0.25, -0.2) is 9.97 Å². The quantitative estimate of drug-likeness (QED) is 0.839. The van der Waals surface area contributed by atoms with E-state index >= 15 is 0 Å². The van der Waals surface area contributed by atoms with E-state index < -0.39 is 0 Å². The lowest BCUT2D eigenvalue weighted by molar-refractivity contribution is 0.116. The standard InChI is InChI=1S/C18H21N3/c1-21-15-8-7-13(11-15)12-17(21)16-9-10-19-18(20-16)14-5-3-2-4-6-14/h2-6,9-10,13,15,17H,7-8,11-12H2,1H3. The summed E-state index contributed by atoms with van der Waals surface area (Å²) in [5, 5.41) is 0. The largest absolute Gasteiger partial charge is 0.295 e. The Balaban J connectivity index is 1.67. The smallest absolute Gasteiger partial charge is 0.159 e. The molecule has 108 valence electrons. The number of benzene rings is 1. The molecule has 1 aliphatic heterocycles. The second-order valence-electron chi connectivity index (χ2n) is 6.42. The number of hydrogen-bond acceptors (Lipinski definition) is 3. The molecule has 0 radical (unpaired) electrons. The summed E-state index contributed by atoms with van der Waals surface area (Å²) in [6.07, 6.45) is 7.29. The van der Waals surface area contributed by atoms with E-state index in [-0.39, 0.29) is 0 Å². The van der Waals surface area contributed by atoms with Gasteiger partial charge in [0.2, 0.25) is 0 Å². The highest BCUT2D eigenvalue weighted by Crippen LogP contribution is 2.44. The zero-order chi connectivity index (χ0) is 14.2. The lowest BCUT2D eigenvalue weighted by Gasteiger charge is -2.37. The van der Waals surface area contributed by atoms with Crippen molar-refractivity contribution in [1.82, 2.24) is 14.9 Å². The number of likely N-dealkylation sites (tertiary alicyclic amines) is 1.